The number of allylic oxidation sites excluding steroid dienone is 2. The summed E-state index contributed by atoms with van der Waals surface area (Å²) in [6.45, 7) is 3.80. The lowest BCUT2D eigenvalue weighted by Gasteiger charge is -1.87. The van der Waals surface area contributed by atoms with Crippen molar-refractivity contribution in [1.82, 2.24) is 0 Å². The Balaban J connectivity index is 4.17. The first-order valence-corrected chi connectivity index (χ1v) is 2.79. The van der Waals surface area contributed by atoms with Crippen molar-refractivity contribution in [1.29, 1.82) is 0 Å². The first-order valence-electron chi connectivity index (χ1n) is 2.79. The molecule has 0 N–H and O–H groups in total. The summed E-state index contributed by atoms with van der Waals surface area (Å²) >= 11 is 0. The van der Waals surface area contributed by atoms with Crippen molar-refractivity contribution in [3.05, 3.63) is 11.6 Å². The fourth-order valence-corrected chi connectivity index (χ4v) is 0.420. The highest BCUT2D eigenvalue weighted by Crippen LogP contribution is 1.89. The molecule has 0 amide bonds. The molecule has 0 aromatic carbocycles. The average molecular weight is 121 g/mol. The van der Waals surface area contributed by atoms with Gasteiger partial charge in [0.15, 0.2) is 0 Å². The fraction of sp³-hybridized carbons (Fsp3) is 0.375. The summed E-state index contributed by atoms with van der Waals surface area (Å²) in [5.74, 6) is 2.51. The van der Waals surface area contributed by atoms with Crippen LogP contribution in [-0.2, 0) is 0 Å². The standard InChI is InChI=1S/C8H11N/c1-5-7(2)6-8(3)9-4/h1,6H,2-4H3/b7-6+,9-8?. The van der Waals surface area contributed by atoms with E-state index in [2.05, 4.69) is 10.9 Å². The summed E-state index contributed by atoms with van der Waals surface area (Å²) < 4.78 is 0. The second-order valence-corrected chi connectivity index (χ2v) is 1.84. The van der Waals surface area contributed by atoms with Gasteiger partial charge in [0.25, 0.3) is 0 Å². The Labute approximate surface area is 56.5 Å². The second kappa shape index (κ2) is 3.91. The van der Waals surface area contributed by atoms with E-state index in [9.17, 15) is 0 Å². The molecule has 0 saturated heterocycles. The lowest BCUT2D eigenvalue weighted by Crippen LogP contribution is -1.84. The monoisotopic (exact) mass is 121 g/mol. The molecule has 0 aromatic rings. The first kappa shape index (κ1) is 7.97. The Morgan fingerprint density at radius 3 is 2.44 bits per heavy atom. The molecule has 0 rings (SSSR count). The zero-order valence-corrected chi connectivity index (χ0v) is 6.10. The number of nitrogens with zero attached hydrogens (tertiary/aromatic N) is 1. The molecular weight excluding hydrogens is 110 g/mol. The molecule has 0 heterocycles. The van der Waals surface area contributed by atoms with Crippen LogP contribution in [-0.4, -0.2) is 12.8 Å². The first-order chi connectivity index (χ1) is 4.20. The van der Waals surface area contributed by atoms with Crippen LogP contribution >= 0.6 is 0 Å². The highest BCUT2D eigenvalue weighted by atomic mass is 14.7. The molecule has 0 atom stereocenters. The lowest BCUT2D eigenvalue weighted by molar-refractivity contribution is 1.42. The predicted molar refractivity (Wildman–Crippen MR) is 41.6 cm³/mol. The Bertz CT molecular complexity index is 179. The third kappa shape index (κ3) is 3.54. The van der Waals surface area contributed by atoms with E-state index >= 15 is 0 Å². The number of aliphatic imine (C=N–C) groups is 1. The number of hydrogen-bond acceptors (Lipinski definition) is 1. The van der Waals surface area contributed by atoms with Crippen molar-refractivity contribution < 1.29 is 0 Å². The van der Waals surface area contributed by atoms with E-state index in [4.69, 9.17) is 6.42 Å². The molecule has 0 saturated carbocycles. The van der Waals surface area contributed by atoms with Crippen LogP contribution in [0.3, 0.4) is 0 Å². The summed E-state index contributed by atoms with van der Waals surface area (Å²) in [6, 6.07) is 0. The molecular formula is C8H11N. The average Bonchev–Trinajstić information content (AvgIpc) is 1.87. The minimum atomic E-state index is 0.915. The maximum absolute atomic E-state index is 5.10. The molecule has 0 aliphatic carbocycles. The zero-order chi connectivity index (χ0) is 7.28. The van der Waals surface area contributed by atoms with Crippen LogP contribution in [0.1, 0.15) is 13.8 Å². The van der Waals surface area contributed by atoms with E-state index in [1.165, 1.54) is 0 Å². The predicted octanol–water partition coefficient (Wildman–Crippen LogP) is 1.66. The largest absolute Gasteiger partial charge is 0.293 e. The topological polar surface area (TPSA) is 12.4 Å². The Morgan fingerprint density at radius 2 is 2.11 bits per heavy atom. The van der Waals surface area contributed by atoms with Crippen molar-refractivity contribution in [2.24, 2.45) is 4.99 Å². The van der Waals surface area contributed by atoms with Crippen LogP contribution in [0.25, 0.3) is 0 Å². The maximum atomic E-state index is 5.10. The molecule has 0 unspecified atom stereocenters. The Morgan fingerprint density at radius 1 is 1.56 bits per heavy atom. The molecule has 1 nitrogen and oxygen atoms in total. The second-order valence-electron chi connectivity index (χ2n) is 1.84. The third-order valence-electron chi connectivity index (χ3n) is 1.01. The Kier molecular flexibility index (Phi) is 3.46. The van der Waals surface area contributed by atoms with Crippen molar-refractivity contribution in [3.8, 4) is 12.3 Å². The molecule has 0 fully saturated rings. The summed E-state index contributed by atoms with van der Waals surface area (Å²) in [4.78, 5) is 3.92. The highest BCUT2D eigenvalue weighted by molar-refractivity contribution is 5.93. The molecule has 0 spiro atoms. The van der Waals surface area contributed by atoms with Crippen molar-refractivity contribution >= 4 is 5.71 Å². The van der Waals surface area contributed by atoms with Gasteiger partial charge in [-0.15, -0.1) is 6.42 Å². The number of hydrogen-bond donors (Lipinski definition) is 0. The fourth-order valence-electron chi connectivity index (χ4n) is 0.420. The van der Waals surface area contributed by atoms with Gasteiger partial charge in [0.2, 0.25) is 0 Å². The van der Waals surface area contributed by atoms with Gasteiger partial charge in [0.1, 0.15) is 0 Å². The summed E-state index contributed by atoms with van der Waals surface area (Å²) in [7, 11) is 1.75. The molecule has 0 radical (unpaired) electrons. The van der Waals surface area contributed by atoms with Gasteiger partial charge >= 0.3 is 0 Å². The van der Waals surface area contributed by atoms with Crippen LogP contribution in [0.15, 0.2) is 16.6 Å². The number of terminal acetylenes is 1. The minimum Gasteiger partial charge on any atom is -0.293 e. The third-order valence-corrected chi connectivity index (χ3v) is 1.01. The summed E-state index contributed by atoms with van der Waals surface area (Å²) in [5.41, 5.74) is 1.88. The molecule has 0 bridgehead atoms. The van der Waals surface area contributed by atoms with Gasteiger partial charge < -0.3 is 0 Å². The summed E-state index contributed by atoms with van der Waals surface area (Å²) in [5, 5.41) is 0. The van der Waals surface area contributed by atoms with Gasteiger partial charge in [0, 0.05) is 18.3 Å². The molecule has 0 aromatic heterocycles. The van der Waals surface area contributed by atoms with Gasteiger partial charge in [0.05, 0.1) is 0 Å². The van der Waals surface area contributed by atoms with E-state index in [-0.39, 0.29) is 0 Å². The molecule has 0 aliphatic heterocycles. The van der Waals surface area contributed by atoms with E-state index in [1.807, 2.05) is 19.9 Å². The van der Waals surface area contributed by atoms with Gasteiger partial charge in [-0.05, 0) is 19.9 Å². The quantitative estimate of drug-likeness (QED) is 0.369. The van der Waals surface area contributed by atoms with E-state index in [1.54, 1.807) is 7.05 Å². The maximum Gasteiger partial charge on any atom is 0.0322 e. The van der Waals surface area contributed by atoms with Crippen LogP contribution in [0.4, 0.5) is 0 Å². The van der Waals surface area contributed by atoms with Crippen molar-refractivity contribution in [3.63, 3.8) is 0 Å². The highest BCUT2D eigenvalue weighted by Gasteiger charge is 1.81. The van der Waals surface area contributed by atoms with Crippen LogP contribution in [0.5, 0.6) is 0 Å². The normalized spacial score (nSPS) is 13.1. The van der Waals surface area contributed by atoms with Gasteiger partial charge in [-0.25, -0.2) is 0 Å². The smallest absolute Gasteiger partial charge is 0.0322 e. The van der Waals surface area contributed by atoms with Crippen LogP contribution < -0.4 is 0 Å². The minimum absolute atomic E-state index is 0.915. The zero-order valence-electron chi connectivity index (χ0n) is 6.10. The molecule has 0 aliphatic rings. The number of rotatable bonds is 1. The molecule has 9 heavy (non-hydrogen) atoms. The Hall–Kier alpha value is -1.03. The van der Waals surface area contributed by atoms with Crippen LogP contribution in [0, 0.1) is 12.3 Å². The van der Waals surface area contributed by atoms with Crippen LogP contribution in [0.2, 0.25) is 0 Å². The summed E-state index contributed by atoms with van der Waals surface area (Å²) in [6.07, 6.45) is 6.98. The van der Waals surface area contributed by atoms with Crippen molar-refractivity contribution in [2.45, 2.75) is 13.8 Å². The lowest BCUT2D eigenvalue weighted by atomic mass is 10.2. The van der Waals surface area contributed by atoms with Crippen molar-refractivity contribution in [2.75, 3.05) is 7.05 Å². The molecule has 1 heteroatoms. The van der Waals surface area contributed by atoms with Gasteiger partial charge in [-0.2, -0.15) is 0 Å². The van der Waals surface area contributed by atoms with Gasteiger partial charge in [-0.1, -0.05) is 5.92 Å². The van der Waals surface area contributed by atoms with E-state index in [0.29, 0.717) is 0 Å². The van der Waals surface area contributed by atoms with E-state index < -0.39 is 0 Å². The van der Waals surface area contributed by atoms with Gasteiger partial charge in [-0.3, -0.25) is 4.99 Å². The molecule has 48 valence electrons. The van der Waals surface area contributed by atoms with E-state index in [0.717, 1.165) is 11.3 Å². The SMILES string of the molecule is C#C/C(C)=C/C(C)=NC.